The van der Waals surface area contributed by atoms with E-state index in [4.69, 9.17) is 0 Å². The molecule has 1 aromatic heterocycles. The van der Waals surface area contributed by atoms with E-state index in [1.165, 1.54) is 0 Å². The second-order valence-corrected chi connectivity index (χ2v) is 7.14. The Morgan fingerprint density at radius 3 is 2.56 bits per heavy atom. The summed E-state index contributed by atoms with van der Waals surface area (Å²) in [4.78, 5) is 26.6. The lowest BCUT2D eigenvalue weighted by Crippen LogP contribution is -2.37. The second-order valence-electron chi connectivity index (χ2n) is 7.14. The average Bonchev–Trinajstić information content (AvgIpc) is 2.95. The first kappa shape index (κ1) is 15.6. The van der Waals surface area contributed by atoms with Gasteiger partial charge < -0.3 is 10.1 Å². The molecule has 126 valence electrons. The third-order valence-electron chi connectivity index (χ3n) is 5.12. The number of hydrogen-bond donors (Lipinski definition) is 2. The van der Waals surface area contributed by atoms with Crippen molar-refractivity contribution in [3.63, 3.8) is 0 Å². The summed E-state index contributed by atoms with van der Waals surface area (Å²) in [5.74, 6) is -0.423. The zero-order chi connectivity index (χ0) is 17.9. The Hall–Kier alpha value is -2.88. The third kappa shape index (κ3) is 2.07. The van der Waals surface area contributed by atoms with Crippen LogP contribution in [0.2, 0.25) is 0 Å². The Bertz CT molecular complexity index is 1240. The van der Waals surface area contributed by atoms with E-state index in [1.54, 1.807) is 6.08 Å². The van der Waals surface area contributed by atoms with E-state index in [2.05, 4.69) is 37.9 Å². The third-order valence-corrected chi connectivity index (χ3v) is 5.12. The summed E-state index contributed by atoms with van der Waals surface area (Å²) in [6.45, 7) is 6.23. The number of fused-ring (bicyclic) bond motifs is 3. The molecule has 0 unspecified atom stereocenters. The van der Waals surface area contributed by atoms with Crippen molar-refractivity contribution in [1.29, 1.82) is 0 Å². The molecule has 4 nitrogen and oxygen atoms in total. The van der Waals surface area contributed by atoms with Gasteiger partial charge in [-0.3, -0.25) is 9.59 Å². The van der Waals surface area contributed by atoms with Crippen LogP contribution in [0.25, 0.3) is 28.6 Å². The van der Waals surface area contributed by atoms with Gasteiger partial charge in [0.1, 0.15) is 0 Å². The van der Waals surface area contributed by atoms with Crippen LogP contribution in [0.3, 0.4) is 0 Å². The molecule has 0 atom stereocenters. The summed E-state index contributed by atoms with van der Waals surface area (Å²) >= 11 is 0. The van der Waals surface area contributed by atoms with Crippen LogP contribution in [0.1, 0.15) is 32.8 Å². The van der Waals surface area contributed by atoms with Crippen molar-refractivity contribution in [2.75, 3.05) is 0 Å². The second kappa shape index (κ2) is 5.06. The summed E-state index contributed by atoms with van der Waals surface area (Å²) in [6.07, 6.45) is 4.63. The Labute approximate surface area is 144 Å². The maximum Gasteiger partial charge on any atom is 0.268 e. The zero-order valence-electron chi connectivity index (χ0n) is 14.4. The largest absolute Gasteiger partial charge is 0.504 e. The van der Waals surface area contributed by atoms with Gasteiger partial charge in [0, 0.05) is 26.9 Å². The van der Waals surface area contributed by atoms with Crippen LogP contribution in [0.5, 0.6) is 5.75 Å². The van der Waals surface area contributed by atoms with Gasteiger partial charge in [-0.25, -0.2) is 0 Å². The molecule has 0 fully saturated rings. The van der Waals surface area contributed by atoms with Gasteiger partial charge in [-0.15, -0.1) is 0 Å². The van der Waals surface area contributed by atoms with Crippen molar-refractivity contribution >= 4 is 28.6 Å². The minimum Gasteiger partial charge on any atom is -0.504 e. The van der Waals surface area contributed by atoms with Crippen LogP contribution >= 0.6 is 0 Å². The van der Waals surface area contributed by atoms with Crippen LogP contribution in [0.15, 0.2) is 39.4 Å². The topological polar surface area (TPSA) is 70.2 Å². The van der Waals surface area contributed by atoms with Gasteiger partial charge in [0.05, 0.1) is 5.56 Å². The number of rotatable bonds is 2. The molecule has 2 N–H and O–H groups in total. The van der Waals surface area contributed by atoms with E-state index < -0.39 is 16.6 Å². The quantitative estimate of drug-likeness (QED) is 0.704. The summed E-state index contributed by atoms with van der Waals surface area (Å²) < 4.78 is 0. The molecule has 0 saturated heterocycles. The number of nitrogens with one attached hydrogen (secondary N) is 1. The molecule has 0 spiro atoms. The molecule has 0 aliphatic heterocycles. The van der Waals surface area contributed by atoms with Gasteiger partial charge in [0.25, 0.3) is 5.43 Å². The fourth-order valence-electron chi connectivity index (χ4n) is 3.87. The lowest BCUT2D eigenvalue weighted by molar-refractivity contribution is 0.461. The molecule has 1 heterocycles. The molecule has 0 bridgehead atoms. The van der Waals surface area contributed by atoms with Crippen LogP contribution in [0, 0.1) is 5.41 Å². The summed E-state index contributed by atoms with van der Waals surface area (Å²) in [6, 6.07) is 8.14. The molecular weight excluding hydrogens is 314 g/mol. The Balaban J connectivity index is 2.13. The van der Waals surface area contributed by atoms with E-state index >= 15 is 0 Å². The number of benzene rings is 1. The number of para-hydroxylation sites is 1. The number of aromatic nitrogens is 1. The van der Waals surface area contributed by atoms with Gasteiger partial charge in [-0.2, -0.15) is 0 Å². The molecule has 0 saturated carbocycles. The number of hydrogen-bond acceptors (Lipinski definition) is 3. The molecule has 1 aliphatic rings. The van der Waals surface area contributed by atoms with Crippen LogP contribution in [-0.4, -0.2) is 10.1 Å². The van der Waals surface area contributed by atoms with E-state index in [9.17, 15) is 14.7 Å². The maximum absolute atomic E-state index is 11.8. The standard InChI is InChI=1S/C21H19NO3/c1-4-11-14(9-13-18(23)20(25)19(13)24)21(2,3)10-16-17(11)12-7-5-6-8-15(12)22-16/h5-10,22-23H,4H2,1-3H3. The molecule has 1 aliphatic carbocycles. The fourth-order valence-corrected chi connectivity index (χ4v) is 3.87. The lowest BCUT2D eigenvalue weighted by atomic mass is 9.74. The van der Waals surface area contributed by atoms with Gasteiger partial charge in [0.15, 0.2) is 5.75 Å². The van der Waals surface area contributed by atoms with Crippen molar-refractivity contribution in [1.82, 2.24) is 4.98 Å². The zero-order valence-corrected chi connectivity index (χ0v) is 14.4. The van der Waals surface area contributed by atoms with E-state index in [1.807, 2.05) is 18.2 Å². The average molecular weight is 333 g/mol. The first-order valence-electron chi connectivity index (χ1n) is 8.42. The SMILES string of the molecule is CCC1=c2c([nH]c3ccccc23)=CC(C)(C)C1=Cc1c(O)c(=O)c1=O. The molecular formula is C21H19NO3. The first-order chi connectivity index (χ1) is 11.8. The van der Waals surface area contributed by atoms with Crippen molar-refractivity contribution in [2.45, 2.75) is 27.2 Å². The highest BCUT2D eigenvalue weighted by molar-refractivity contribution is 5.90. The number of aromatic hydroxyl groups is 1. The van der Waals surface area contributed by atoms with Crippen molar-refractivity contribution in [3.05, 3.63) is 66.4 Å². The molecule has 4 rings (SSSR count). The highest BCUT2D eigenvalue weighted by atomic mass is 16.3. The molecule has 3 aromatic rings. The van der Waals surface area contributed by atoms with E-state index in [0.29, 0.717) is 0 Å². The number of aromatic amines is 1. The Morgan fingerprint density at radius 2 is 1.88 bits per heavy atom. The fraction of sp³-hybridized carbons (Fsp3) is 0.238. The van der Waals surface area contributed by atoms with Gasteiger partial charge in [-0.1, -0.05) is 45.0 Å². The molecule has 2 aromatic carbocycles. The Morgan fingerprint density at radius 1 is 1.16 bits per heavy atom. The monoisotopic (exact) mass is 333 g/mol. The van der Waals surface area contributed by atoms with Crippen LogP contribution < -0.4 is 21.4 Å². The molecule has 0 radical (unpaired) electrons. The Kier molecular flexibility index (Phi) is 3.16. The van der Waals surface area contributed by atoms with Crippen LogP contribution in [-0.2, 0) is 0 Å². The van der Waals surface area contributed by atoms with Crippen molar-refractivity contribution < 1.29 is 5.11 Å². The summed E-state index contributed by atoms with van der Waals surface area (Å²) in [5.41, 5.74) is 1.56. The normalized spacial score (nSPS) is 17.9. The summed E-state index contributed by atoms with van der Waals surface area (Å²) in [5, 5.41) is 13.1. The predicted molar refractivity (Wildman–Crippen MR) is 100 cm³/mol. The first-order valence-corrected chi connectivity index (χ1v) is 8.42. The van der Waals surface area contributed by atoms with Gasteiger partial charge in [0.2, 0.25) is 5.43 Å². The molecule has 0 amide bonds. The maximum atomic E-state index is 11.8. The molecule has 4 heteroatoms. The van der Waals surface area contributed by atoms with Crippen molar-refractivity contribution in [3.8, 4) is 5.75 Å². The van der Waals surface area contributed by atoms with Crippen LogP contribution in [0.4, 0.5) is 0 Å². The lowest BCUT2D eigenvalue weighted by Gasteiger charge is -2.29. The molecule has 25 heavy (non-hydrogen) atoms. The minimum atomic E-state index is -0.796. The predicted octanol–water partition coefficient (Wildman–Crippen LogP) is 1.93. The van der Waals surface area contributed by atoms with E-state index in [0.717, 1.165) is 39.0 Å². The highest BCUT2D eigenvalue weighted by Gasteiger charge is 2.30. The number of H-pyrrole nitrogens is 1. The number of allylic oxidation sites excluding steroid dienone is 1. The highest BCUT2D eigenvalue weighted by Crippen LogP contribution is 2.38. The minimum absolute atomic E-state index is 0.121. The van der Waals surface area contributed by atoms with Gasteiger partial charge >= 0.3 is 0 Å². The van der Waals surface area contributed by atoms with E-state index in [-0.39, 0.29) is 11.0 Å². The van der Waals surface area contributed by atoms with Gasteiger partial charge in [-0.05, 0) is 29.7 Å². The van der Waals surface area contributed by atoms with Crippen molar-refractivity contribution in [2.24, 2.45) is 5.41 Å². The smallest absolute Gasteiger partial charge is 0.268 e. The summed E-state index contributed by atoms with van der Waals surface area (Å²) in [7, 11) is 0.